The number of allylic oxidation sites excluding steroid dienone is 2. The van der Waals surface area contributed by atoms with E-state index in [1.165, 1.54) is 0 Å². The quantitative estimate of drug-likeness (QED) is 0.783. The molecule has 1 aromatic carbocycles. The van der Waals surface area contributed by atoms with Crippen LogP contribution in [0.25, 0.3) is 11.0 Å². The predicted molar refractivity (Wildman–Crippen MR) is 113 cm³/mol. The topological polar surface area (TPSA) is 78.7 Å². The van der Waals surface area contributed by atoms with Crippen molar-refractivity contribution < 1.29 is 14.7 Å². The Morgan fingerprint density at radius 2 is 1.90 bits per heavy atom. The summed E-state index contributed by atoms with van der Waals surface area (Å²) in [5, 5.41) is 10.2. The van der Waals surface area contributed by atoms with E-state index >= 15 is 0 Å². The second-order valence-corrected chi connectivity index (χ2v) is 8.53. The van der Waals surface area contributed by atoms with Gasteiger partial charge < -0.3 is 14.6 Å². The molecule has 3 aliphatic rings. The van der Waals surface area contributed by atoms with E-state index in [1.807, 2.05) is 37.3 Å². The number of aryl methyl sites for hydroxylation is 1. The Labute approximate surface area is 175 Å². The number of aromatic nitrogens is 2. The third-order valence-electron chi connectivity index (χ3n) is 6.67. The maximum absolute atomic E-state index is 12.6. The number of hydrogen-bond acceptors (Lipinski definition) is 5. The molecule has 2 aromatic rings. The fourth-order valence-corrected chi connectivity index (χ4v) is 4.82. The molecule has 1 saturated heterocycles. The van der Waals surface area contributed by atoms with E-state index in [9.17, 15) is 14.7 Å². The summed E-state index contributed by atoms with van der Waals surface area (Å²) in [6.07, 6.45) is 8.63. The lowest BCUT2D eigenvalue weighted by Gasteiger charge is -2.48. The first-order chi connectivity index (χ1) is 14.5. The van der Waals surface area contributed by atoms with E-state index in [0.717, 1.165) is 23.1 Å². The van der Waals surface area contributed by atoms with Gasteiger partial charge in [-0.2, -0.15) is 0 Å². The second-order valence-electron chi connectivity index (χ2n) is 8.53. The molecule has 1 aliphatic heterocycles. The van der Waals surface area contributed by atoms with Gasteiger partial charge in [0, 0.05) is 38.2 Å². The number of fused-ring (bicyclic) bond motifs is 1. The average molecular weight is 406 g/mol. The summed E-state index contributed by atoms with van der Waals surface area (Å²) >= 11 is 0. The summed E-state index contributed by atoms with van der Waals surface area (Å²) in [7, 11) is 0. The Morgan fingerprint density at radius 3 is 2.53 bits per heavy atom. The van der Waals surface area contributed by atoms with E-state index < -0.39 is 11.3 Å². The molecule has 2 aliphatic carbocycles. The van der Waals surface area contributed by atoms with Crippen LogP contribution in [0, 0.1) is 6.92 Å². The van der Waals surface area contributed by atoms with Gasteiger partial charge in [0.15, 0.2) is 0 Å². The molecule has 0 radical (unpaired) electrons. The summed E-state index contributed by atoms with van der Waals surface area (Å²) in [4.78, 5) is 32.8. The molecule has 0 bridgehead atoms. The normalized spacial score (nSPS) is 25.9. The molecular weight excluding hydrogens is 380 g/mol. The maximum atomic E-state index is 12.6. The van der Waals surface area contributed by atoms with E-state index in [4.69, 9.17) is 4.98 Å². The Hall–Kier alpha value is -2.77. The highest BCUT2D eigenvalue weighted by Gasteiger charge is 2.51. The highest BCUT2D eigenvalue weighted by Crippen LogP contribution is 2.39. The van der Waals surface area contributed by atoms with Gasteiger partial charge in [-0.25, -0.2) is 4.98 Å². The largest absolute Gasteiger partial charge is 0.380 e. The number of carbonyl (C=O) groups excluding carboxylic acids is 2. The Bertz CT molecular complexity index is 1070. The molecule has 156 valence electrons. The van der Waals surface area contributed by atoms with Gasteiger partial charge in [0.2, 0.25) is 0 Å². The van der Waals surface area contributed by atoms with Crippen molar-refractivity contribution >= 4 is 23.2 Å². The summed E-state index contributed by atoms with van der Waals surface area (Å²) in [6, 6.07) is 8.09. The van der Waals surface area contributed by atoms with Gasteiger partial charge >= 0.3 is 0 Å². The minimum atomic E-state index is -1.12. The van der Waals surface area contributed by atoms with Gasteiger partial charge in [-0.3, -0.25) is 14.5 Å². The number of hydrogen-bond donors (Lipinski definition) is 1. The van der Waals surface area contributed by atoms with Crippen molar-refractivity contribution in [1.82, 2.24) is 19.4 Å². The molecule has 1 amide bonds. The summed E-state index contributed by atoms with van der Waals surface area (Å²) in [6.45, 7) is 4.53. The lowest BCUT2D eigenvalue weighted by molar-refractivity contribution is -0.145. The molecule has 2 heterocycles. The zero-order valence-electron chi connectivity index (χ0n) is 17.1. The smallest absolute Gasteiger partial charge is 0.254 e. The van der Waals surface area contributed by atoms with Crippen LogP contribution in [0.4, 0.5) is 0 Å². The number of aliphatic hydroxyl groups is 1. The van der Waals surface area contributed by atoms with Crippen LogP contribution >= 0.6 is 0 Å². The zero-order chi connectivity index (χ0) is 20.9. The van der Waals surface area contributed by atoms with Crippen LogP contribution in [-0.4, -0.2) is 68.4 Å². The second kappa shape index (κ2) is 6.89. The molecule has 1 atom stereocenters. The zero-order valence-corrected chi connectivity index (χ0v) is 17.1. The molecule has 1 unspecified atom stereocenters. The number of benzene rings is 1. The molecular formula is C23H26N4O3. The maximum Gasteiger partial charge on any atom is 0.254 e. The number of carbonyl (C=O) groups is 2. The number of nitrogens with zero attached hydrogens (tertiary/aromatic N) is 4. The molecule has 2 fully saturated rings. The molecule has 1 aromatic heterocycles. The fourth-order valence-electron chi connectivity index (χ4n) is 4.82. The minimum absolute atomic E-state index is 0.136. The average Bonchev–Trinajstić information content (AvgIpc) is 3.44. The molecule has 1 saturated carbocycles. The summed E-state index contributed by atoms with van der Waals surface area (Å²) in [5.74, 6) is 0.775. The lowest BCUT2D eigenvalue weighted by Crippen LogP contribution is -2.59. The molecule has 5 rings (SSSR count). The summed E-state index contributed by atoms with van der Waals surface area (Å²) in [5.41, 5.74) is 1.06. The van der Waals surface area contributed by atoms with Crippen LogP contribution < -0.4 is 0 Å². The number of para-hydroxylation sites is 2. The van der Waals surface area contributed by atoms with E-state index in [0.29, 0.717) is 51.0 Å². The number of piperazine rings is 1. The first kappa shape index (κ1) is 19.2. The van der Waals surface area contributed by atoms with Crippen LogP contribution in [-0.2, 0) is 15.3 Å². The van der Waals surface area contributed by atoms with Crippen molar-refractivity contribution in [2.45, 2.75) is 37.5 Å². The van der Waals surface area contributed by atoms with E-state index in [1.54, 1.807) is 4.90 Å². The Morgan fingerprint density at radius 1 is 1.17 bits per heavy atom. The molecule has 0 spiro atoms. The SMILES string of the molecule is Cc1nc2ccccc2n1C1(N2CCN(C(=O)C3(O)CC3)CC2)C=CC(C=O)=CC1. The van der Waals surface area contributed by atoms with Gasteiger partial charge in [0.05, 0.1) is 11.0 Å². The van der Waals surface area contributed by atoms with Gasteiger partial charge in [0.25, 0.3) is 5.91 Å². The summed E-state index contributed by atoms with van der Waals surface area (Å²) < 4.78 is 2.25. The highest BCUT2D eigenvalue weighted by molar-refractivity contribution is 5.88. The lowest BCUT2D eigenvalue weighted by atomic mass is 9.93. The number of aldehydes is 1. The van der Waals surface area contributed by atoms with Gasteiger partial charge in [0.1, 0.15) is 23.4 Å². The van der Waals surface area contributed by atoms with Crippen LogP contribution in [0.1, 0.15) is 25.1 Å². The van der Waals surface area contributed by atoms with Crippen molar-refractivity contribution in [2.75, 3.05) is 26.2 Å². The number of amides is 1. The van der Waals surface area contributed by atoms with Crippen LogP contribution in [0.5, 0.6) is 0 Å². The predicted octanol–water partition coefficient (Wildman–Crippen LogP) is 1.75. The van der Waals surface area contributed by atoms with Gasteiger partial charge in [-0.15, -0.1) is 0 Å². The van der Waals surface area contributed by atoms with Crippen LogP contribution in [0.15, 0.2) is 48.1 Å². The Kier molecular flexibility index (Phi) is 4.41. The molecule has 7 nitrogen and oxygen atoms in total. The van der Waals surface area contributed by atoms with Crippen molar-refractivity contribution in [2.24, 2.45) is 0 Å². The molecule has 7 heteroatoms. The van der Waals surface area contributed by atoms with E-state index in [2.05, 4.69) is 21.6 Å². The molecule has 1 N–H and O–H groups in total. The van der Waals surface area contributed by atoms with Gasteiger partial charge in [-0.05, 0) is 38.0 Å². The number of imidazole rings is 1. The third-order valence-corrected chi connectivity index (χ3v) is 6.67. The Balaban J connectivity index is 1.50. The minimum Gasteiger partial charge on any atom is -0.380 e. The van der Waals surface area contributed by atoms with Crippen molar-refractivity contribution in [1.29, 1.82) is 0 Å². The number of rotatable bonds is 4. The fraction of sp³-hybridized carbons (Fsp3) is 0.435. The van der Waals surface area contributed by atoms with Gasteiger partial charge in [-0.1, -0.05) is 24.3 Å². The van der Waals surface area contributed by atoms with Crippen molar-refractivity contribution in [3.8, 4) is 0 Å². The van der Waals surface area contributed by atoms with Crippen LogP contribution in [0.2, 0.25) is 0 Å². The van der Waals surface area contributed by atoms with Crippen molar-refractivity contribution in [3.63, 3.8) is 0 Å². The van der Waals surface area contributed by atoms with E-state index in [-0.39, 0.29) is 5.91 Å². The third kappa shape index (κ3) is 2.92. The van der Waals surface area contributed by atoms with Crippen LogP contribution in [0.3, 0.4) is 0 Å². The first-order valence-corrected chi connectivity index (χ1v) is 10.5. The highest BCUT2D eigenvalue weighted by atomic mass is 16.3. The van der Waals surface area contributed by atoms with Crippen molar-refractivity contribution in [3.05, 3.63) is 53.9 Å². The monoisotopic (exact) mass is 406 g/mol. The standard InChI is InChI=1S/C23H26N4O3/c1-17-24-19-4-2-3-5-20(19)27(17)23(8-6-18(16-28)7-9-23)26-14-12-25(13-15-26)21(29)22(30)10-11-22/h2-8,16,30H,9-15H2,1H3. The first-order valence-electron chi connectivity index (χ1n) is 10.5. The molecule has 30 heavy (non-hydrogen) atoms.